The van der Waals surface area contributed by atoms with Crippen molar-refractivity contribution >= 4 is 0 Å². The van der Waals surface area contributed by atoms with Crippen LogP contribution in [0.15, 0.2) is 30.9 Å². The minimum absolute atomic E-state index is 0.0782. The molecule has 3 heteroatoms. The first-order valence-corrected chi connectivity index (χ1v) is 4.46. The van der Waals surface area contributed by atoms with Crippen LogP contribution >= 0.6 is 0 Å². The van der Waals surface area contributed by atoms with Crippen molar-refractivity contribution in [1.82, 2.24) is 5.43 Å². The normalized spacial score (nSPS) is 12.2. The number of rotatable bonds is 4. The van der Waals surface area contributed by atoms with Crippen LogP contribution in [0.25, 0.3) is 0 Å². The summed E-state index contributed by atoms with van der Waals surface area (Å²) in [5.74, 6) is 6.23. The molecule has 1 aromatic carbocycles. The maximum atomic E-state index is 5.40. The smallest absolute Gasteiger partial charge is 0.124 e. The van der Waals surface area contributed by atoms with E-state index in [1.165, 1.54) is 0 Å². The molecule has 0 saturated carbocycles. The third kappa shape index (κ3) is 2.13. The van der Waals surface area contributed by atoms with E-state index in [1.807, 2.05) is 25.1 Å². The standard InChI is InChI=1S/C11H16N2O/c1-4-10(13-12)9-6-5-8(2)7-11(9)14-3/h4-7,10,13H,1,12H2,2-3H3. The van der Waals surface area contributed by atoms with Crippen LogP contribution in [0.2, 0.25) is 0 Å². The summed E-state index contributed by atoms with van der Waals surface area (Å²) in [6, 6.07) is 5.90. The molecule has 0 bridgehead atoms. The summed E-state index contributed by atoms with van der Waals surface area (Å²) in [5, 5.41) is 0. The molecule has 1 unspecified atom stereocenters. The molecule has 76 valence electrons. The summed E-state index contributed by atoms with van der Waals surface area (Å²) in [7, 11) is 1.65. The van der Waals surface area contributed by atoms with Gasteiger partial charge < -0.3 is 4.74 Å². The van der Waals surface area contributed by atoms with Crippen LogP contribution in [0.1, 0.15) is 17.2 Å². The van der Waals surface area contributed by atoms with Crippen molar-refractivity contribution < 1.29 is 4.74 Å². The quantitative estimate of drug-likeness (QED) is 0.433. The fourth-order valence-electron chi connectivity index (χ4n) is 1.36. The van der Waals surface area contributed by atoms with Crippen LogP contribution in [0, 0.1) is 6.92 Å². The Morgan fingerprint density at radius 2 is 2.29 bits per heavy atom. The number of benzene rings is 1. The largest absolute Gasteiger partial charge is 0.496 e. The van der Waals surface area contributed by atoms with E-state index in [0.717, 1.165) is 16.9 Å². The van der Waals surface area contributed by atoms with Crippen LogP contribution in [-0.4, -0.2) is 7.11 Å². The van der Waals surface area contributed by atoms with Gasteiger partial charge in [-0.1, -0.05) is 18.2 Å². The highest BCUT2D eigenvalue weighted by Crippen LogP contribution is 2.26. The van der Waals surface area contributed by atoms with Gasteiger partial charge in [0, 0.05) is 5.56 Å². The highest BCUT2D eigenvalue weighted by Gasteiger charge is 2.10. The van der Waals surface area contributed by atoms with Gasteiger partial charge in [-0.2, -0.15) is 0 Å². The zero-order chi connectivity index (χ0) is 10.6. The first-order valence-electron chi connectivity index (χ1n) is 4.46. The Morgan fingerprint density at radius 3 is 2.79 bits per heavy atom. The molecule has 0 saturated heterocycles. The van der Waals surface area contributed by atoms with Gasteiger partial charge in [0.05, 0.1) is 13.2 Å². The van der Waals surface area contributed by atoms with Gasteiger partial charge in [-0.15, -0.1) is 6.58 Å². The van der Waals surface area contributed by atoms with Gasteiger partial charge >= 0.3 is 0 Å². The molecule has 0 aromatic heterocycles. The highest BCUT2D eigenvalue weighted by atomic mass is 16.5. The van der Waals surface area contributed by atoms with Gasteiger partial charge in [0.15, 0.2) is 0 Å². The Hall–Kier alpha value is -1.32. The zero-order valence-corrected chi connectivity index (χ0v) is 8.58. The van der Waals surface area contributed by atoms with Crippen LogP contribution in [0.5, 0.6) is 5.75 Å². The SMILES string of the molecule is C=CC(NN)c1ccc(C)cc1OC. The second-order valence-electron chi connectivity index (χ2n) is 3.13. The zero-order valence-electron chi connectivity index (χ0n) is 8.58. The van der Waals surface area contributed by atoms with Gasteiger partial charge in [-0.05, 0) is 18.6 Å². The summed E-state index contributed by atoms with van der Waals surface area (Å²) >= 11 is 0. The lowest BCUT2D eigenvalue weighted by atomic mass is 10.0. The Morgan fingerprint density at radius 1 is 1.57 bits per heavy atom. The van der Waals surface area contributed by atoms with Crippen LogP contribution in [0.4, 0.5) is 0 Å². The fraction of sp³-hybridized carbons (Fsp3) is 0.273. The molecule has 0 aliphatic rings. The van der Waals surface area contributed by atoms with E-state index in [4.69, 9.17) is 10.6 Å². The maximum Gasteiger partial charge on any atom is 0.124 e. The van der Waals surface area contributed by atoms with Crippen molar-refractivity contribution in [3.05, 3.63) is 42.0 Å². The van der Waals surface area contributed by atoms with Gasteiger partial charge in [0.1, 0.15) is 5.75 Å². The number of nitrogens with one attached hydrogen (secondary N) is 1. The Balaban J connectivity index is 3.12. The van der Waals surface area contributed by atoms with Crippen LogP contribution in [-0.2, 0) is 0 Å². The number of ether oxygens (including phenoxy) is 1. The lowest BCUT2D eigenvalue weighted by Crippen LogP contribution is -2.26. The number of hydrogen-bond donors (Lipinski definition) is 2. The molecule has 0 fully saturated rings. The predicted molar refractivity (Wildman–Crippen MR) is 58.0 cm³/mol. The monoisotopic (exact) mass is 192 g/mol. The Bertz CT molecular complexity index is 323. The van der Waals surface area contributed by atoms with Crippen molar-refractivity contribution in [2.24, 2.45) is 5.84 Å². The lowest BCUT2D eigenvalue weighted by molar-refractivity contribution is 0.404. The second kappa shape index (κ2) is 4.79. The van der Waals surface area contributed by atoms with Crippen molar-refractivity contribution in [3.63, 3.8) is 0 Å². The van der Waals surface area contributed by atoms with E-state index in [9.17, 15) is 0 Å². The van der Waals surface area contributed by atoms with E-state index in [1.54, 1.807) is 13.2 Å². The second-order valence-corrected chi connectivity index (χ2v) is 3.13. The number of nitrogens with two attached hydrogens (primary N) is 1. The third-order valence-electron chi connectivity index (χ3n) is 2.14. The molecule has 0 radical (unpaired) electrons. The van der Waals surface area contributed by atoms with E-state index >= 15 is 0 Å². The predicted octanol–water partition coefficient (Wildman–Crippen LogP) is 1.69. The summed E-state index contributed by atoms with van der Waals surface area (Å²) in [6.07, 6.45) is 1.74. The third-order valence-corrected chi connectivity index (χ3v) is 2.14. The molecule has 0 heterocycles. The van der Waals surface area contributed by atoms with Crippen molar-refractivity contribution in [3.8, 4) is 5.75 Å². The van der Waals surface area contributed by atoms with Gasteiger partial charge in [0.2, 0.25) is 0 Å². The van der Waals surface area contributed by atoms with Crippen molar-refractivity contribution in [2.45, 2.75) is 13.0 Å². The summed E-state index contributed by atoms with van der Waals surface area (Å²) in [5.41, 5.74) is 4.82. The molecule has 0 amide bonds. The number of hydrogen-bond acceptors (Lipinski definition) is 3. The minimum atomic E-state index is -0.0782. The van der Waals surface area contributed by atoms with Crippen LogP contribution in [0.3, 0.4) is 0 Å². The maximum absolute atomic E-state index is 5.40. The molecule has 0 aliphatic heterocycles. The van der Waals surface area contributed by atoms with Crippen LogP contribution < -0.4 is 16.0 Å². The minimum Gasteiger partial charge on any atom is -0.496 e. The summed E-state index contributed by atoms with van der Waals surface area (Å²) < 4.78 is 5.27. The van der Waals surface area contributed by atoms with Crippen molar-refractivity contribution in [2.75, 3.05) is 7.11 Å². The summed E-state index contributed by atoms with van der Waals surface area (Å²) in [4.78, 5) is 0. The van der Waals surface area contributed by atoms with E-state index in [-0.39, 0.29) is 6.04 Å². The van der Waals surface area contributed by atoms with Gasteiger partial charge in [0.25, 0.3) is 0 Å². The average molecular weight is 192 g/mol. The van der Waals surface area contributed by atoms with Gasteiger partial charge in [-0.3, -0.25) is 5.84 Å². The molecule has 3 N–H and O–H groups in total. The highest BCUT2D eigenvalue weighted by molar-refractivity contribution is 5.40. The molecule has 14 heavy (non-hydrogen) atoms. The van der Waals surface area contributed by atoms with Gasteiger partial charge in [-0.25, -0.2) is 5.43 Å². The number of methoxy groups -OCH3 is 1. The number of hydrazine groups is 1. The molecule has 0 spiro atoms. The van der Waals surface area contributed by atoms with E-state index in [0.29, 0.717) is 0 Å². The average Bonchev–Trinajstić information content (AvgIpc) is 2.21. The molecule has 0 aliphatic carbocycles. The first kappa shape index (κ1) is 10.8. The molecule has 3 nitrogen and oxygen atoms in total. The van der Waals surface area contributed by atoms with E-state index < -0.39 is 0 Å². The molecule has 1 rings (SSSR count). The summed E-state index contributed by atoms with van der Waals surface area (Å²) in [6.45, 7) is 5.73. The lowest BCUT2D eigenvalue weighted by Gasteiger charge is -2.15. The molecular weight excluding hydrogens is 176 g/mol. The molecule has 1 aromatic rings. The van der Waals surface area contributed by atoms with E-state index in [2.05, 4.69) is 12.0 Å². The first-order chi connectivity index (χ1) is 6.72. The Kier molecular flexibility index (Phi) is 3.68. The Labute approximate surface area is 84.5 Å². The molecule has 1 atom stereocenters. The fourth-order valence-corrected chi connectivity index (χ4v) is 1.36. The molecular formula is C11H16N2O. The van der Waals surface area contributed by atoms with Crippen molar-refractivity contribution in [1.29, 1.82) is 0 Å². The number of aryl methyl sites for hydroxylation is 1. The topological polar surface area (TPSA) is 47.3 Å².